The Morgan fingerprint density at radius 1 is 1.00 bits per heavy atom. The fourth-order valence-corrected chi connectivity index (χ4v) is 3.10. The second-order valence-electron chi connectivity index (χ2n) is 6.33. The largest absolute Gasteiger partial charge is 0.486 e. The lowest BCUT2D eigenvalue weighted by Crippen LogP contribution is -2.17. The molecule has 3 aromatic rings. The first-order valence-electron chi connectivity index (χ1n) is 8.79. The Balaban J connectivity index is 1.50. The molecular formula is C21H18ClN3O3. The van der Waals surface area contributed by atoms with Gasteiger partial charge >= 0.3 is 0 Å². The minimum absolute atomic E-state index is 0.298. The summed E-state index contributed by atoms with van der Waals surface area (Å²) in [5, 5.41) is 6.80. The lowest BCUT2D eigenvalue weighted by atomic mass is 10.2. The van der Waals surface area contributed by atoms with Crippen LogP contribution in [0.15, 0.2) is 54.7 Å². The number of halogens is 1. The normalized spacial score (nSPS) is 12.4. The van der Waals surface area contributed by atoms with Gasteiger partial charge in [0, 0.05) is 34.3 Å². The molecule has 7 heteroatoms. The Kier molecular flexibility index (Phi) is 5.04. The van der Waals surface area contributed by atoms with Gasteiger partial charge in [-0.15, -0.1) is 0 Å². The number of hydrogen-bond donors (Lipinski definition) is 2. The Morgan fingerprint density at radius 2 is 1.82 bits per heavy atom. The van der Waals surface area contributed by atoms with Crippen molar-refractivity contribution in [3.05, 3.63) is 71.0 Å². The average Bonchev–Trinajstić information content (AvgIpc) is 2.70. The van der Waals surface area contributed by atoms with Crippen LogP contribution in [0.25, 0.3) is 0 Å². The Hall–Kier alpha value is -3.25. The van der Waals surface area contributed by atoms with Crippen molar-refractivity contribution in [2.24, 2.45) is 0 Å². The zero-order valence-corrected chi connectivity index (χ0v) is 15.9. The van der Waals surface area contributed by atoms with Crippen molar-refractivity contribution in [3.63, 3.8) is 0 Å². The number of pyridine rings is 1. The van der Waals surface area contributed by atoms with Gasteiger partial charge in [-0.3, -0.25) is 9.78 Å². The molecule has 2 N–H and O–H groups in total. The number of carbonyl (C=O) groups is 1. The molecule has 2 aromatic carbocycles. The van der Waals surface area contributed by atoms with Crippen LogP contribution < -0.4 is 20.1 Å². The van der Waals surface area contributed by atoms with E-state index in [0.717, 1.165) is 16.9 Å². The van der Waals surface area contributed by atoms with E-state index in [2.05, 4.69) is 15.6 Å². The smallest absolute Gasteiger partial charge is 0.274 e. The van der Waals surface area contributed by atoms with E-state index in [1.807, 2.05) is 25.1 Å². The van der Waals surface area contributed by atoms with E-state index in [0.29, 0.717) is 41.1 Å². The predicted octanol–water partition coefficient (Wildman–Crippen LogP) is 4.81. The molecule has 0 aliphatic carbocycles. The second-order valence-corrected chi connectivity index (χ2v) is 6.76. The number of fused-ring (bicyclic) bond motifs is 1. The summed E-state index contributed by atoms with van der Waals surface area (Å²) in [7, 11) is 0. The molecule has 0 spiro atoms. The number of benzene rings is 2. The first-order chi connectivity index (χ1) is 13.6. The van der Waals surface area contributed by atoms with Crippen molar-refractivity contribution < 1.29 is 14.3 Å². The lowest BCUT2D eigenvalue weighted by molar-refractivity contribution is 0.102. The lowest BCUT2D eigenvalue weighted by Gasteiger charge is -2.19. The van der Waals surface area contributed by atoms with E-state index < -0.39 is 0 Å². The third kappa shape index (κ3) is 4.02. The third-order valence-electron chi connectivity index (χ3n) is 4.26. The monoisotopic (exact) mass is 395 g/mol. The Labute approximate surface area is 167 Å². The summed E-state index contributed by atoms with van der Waals surface area (Å²) in [5.74, 6) is 0.978. The van der Waals surface area contributed by atoms with Crippen LogP contribution in [0.1, 0.15) is 16.1 Å². The van der Waals surface area contributed by atoms with Gasteiger partial charge in [0.2, 0.25) is 0 Å². The average molecular weight is 396 g/mol. The van der Waals surface area contributed by atoms with Gasteiger partial charge in [0.25, 0.3) is 5.91 Å². The fraction of sp³-hybridized carbons (Fsp3) is 0.143. The van der Waals surface area contributed by atoms with Gasteiger partial charge in [-0.2, -0.15) is 0 Å². The molecule has 1 aromatic heterocycles. The number of aromatic nitrogens is 1. The SMILES string of the molecule is Cc1cc(Cl)ccc1Nc1ccnc(C(=O)Nc2ccc3c(c2)OCCO3)c1. The maximum Gasteiger partial charge on any atom is 0.274 e. The van der Waals surface area contributed by atoms with Crippen molar-refractivity contribution in [1.82, 2.24) is 4.98 Å². The molecule has 0 bridgehead atoms. The number of nitrogens with one attached hydrogen (secondary N) is 2. The van der Waals surface area contributed by atoms with Crippen molar-refractivity contribution in [2.75, 3.05) is 23.8 Å². The van der Waals surface area contributed by atoms with E-state index in [9.17, 15) is 4.79 Å². The van der Waals surface area contributed by atoms with Crippen molar-refractivity contribution >= 4 is 34.6 Å². The highest BCUT2D eigenvalue weighted by molar-refractivity contribution is 6.30. The highest BCUT2D eigenvalue weighted by Crippen LogP contribution is 2.32. The fourth-order valence-electron chi connectivity index (χ4n) is 2.87. The summed E-state index contributed by atoms with van der Waals surface area (Å²) in [6.45, 7) is 2.98. The molecule has 0 radical (unpaired) electrons. The summed E-state index contributed by atoms with van der Waals surface area (Å²) in [4.78, 5) is 16.8. The van der Waals surface area contributed by atoms with Gasteiger partial charge in [0.15, 0.2) is 11.5 Å². The maximum absolute atomic E-state index is 12.6. The van der Waals surface area contributed by atoms with Crippen LogP contribution in [-0.2, 0) is 0 Å². The highest BCUT2D eigenvalue weighted by Gasteiger charge is 2.14. The van der Waals surface area contributed by atoms with Crippen LogP contribution in [-0.4, -0.2) is 24.1 Å². The van der Waals surface area contributed by atoms with E-state index in [1.165, 1.54) is 0 Å². The molecule has 1 aliphatic heterocycles. The topological polar surface area (TPSA) is 72.5 Å². The summed E-state index contributed by atoms with van der Waals surface area (Å²) in [6.07, 6.45) is 1.59. The molecule has 0 fully saturated rings. The van der Waals surface area contributed by atoms with Crippen LogP contribution in [0.3, 0.4) is 0 Å². The van der Waals surface area contributed by atoms with Crippen LogP contribution in [0, 0.1) is 6.92 Å². The van der Waals surface area contributed by atoms with Crippen molar-refractivity contribution in [1.29, 1.82) is 0 Å². The standard InChI is InChI=1S/C21H18ClN3O3/c1-13-10-14(22)2-4-17(13)24-16-6-7-23-18(11-16)21(26)25-15-3-5-19-20(12-15)28-9-8-27-19/h2-7,10-12H,8-9H2,1H3,(H,23,24)(H,25,26). The summed E-state index contributed by atoms with van der Waals surface area (Å²) >= 11 is 6.00. The number of hydrogen-bond acceptors (Lipinski definition) is 5. The molecule has 6 nitrogen and oxygen atoms in total. The summed E-state index contributed by atoms with van der Waals surface area (Å²) < 4.78 is 11.0. The van der Waals surface area contributed by atoms with E-state index >= 15 is 0 Å². The van der Waals surface area contributed by atoms with E-state index in [-0.39, 0.29) is 5.91 Å². The van der Waals surface area contributed by atoms with E-state index in [4.69, 9.17) is 21.1 Å². The number of carbonyl (C=O) groups excluding carboxylic acids is 1. The minimum Gasteiger partial charge on any atom is -0.486 e. The van der Waals surface area contributed by atoms with Crippen LogP contribution in [0.4, 0.5) is 17.1 Å². The molecule has 0 saturated heterocycles. The molecule has 1 amide bonds. The van der Waals surface area contributed by atoms with Crippen LogP contribution in [0.5, 0.6) is 11.5 Å². The Bertz CT molecular complexity index is 1040. The van der Waals surface area contributed by atoms with Gasteiger partial charge in [0.1, 0.15) is 18.9 Å². The van der Waals surface area contributed by atoms with Crippen LogP contribution >= 0.6 is 11.6 Å². The highest BCUT2D eigenvalue weighted by atomic mass is 35.5. The number of aryl methyl sites for hydroxylation is 1. The van der Waals surface area contributed by atoms with Gasteiger partial charge in [-0.25, -0.2) is 0 Å². The van der Waals surface area contributed by atoms with Crippen molar-refractivity contribution in [2.45, 2.75) is 6.92 Å². The van der Waals surface area contributed by atoms with Crippen molar-refractivity contribution in [3.8, 4) is 11.5 Å². The van der Waals surface area contributed by atoms with E-state index in [1.54, 1.807) is 36.5 Å². The zero-order chi connectivity index (χ0) is 19.5. The third-order valence-corrected chi connectivity index (χ3v) is 4.50. The van der Waals surface area contributed by atoms with Gasteiger partial charge in [-0.05, 0) is 55.0 Å². The molecule has 2 heterocycles. The van der Waals surface area contributed by atoms with Crippen LogP contribution in [0.2, 0.25) is 5.02 Å². The zero-order valence-electron chi connectivity index (χ0n) is 15.2. The number of rotatable bonds is 4. The predicted molar refractivity (Wildman–Crippen MR) is 109 cm³/mol. The first kappa shape index (κ1) is 18.1. The summed E-state index contributed by atoms with van der Waals surface area (Å²) in [5.41, 5.74) is 3.59. The minimum atomic E-state index is -0.312. The molecule has 0 saturated carbocycles. The molecular weight excluding hydrogens is 378 g/mol. The molecule has 4 rings (SSSR count). The number of ether oxygens (including phenoxy) is 2. The first-order valence-corrected chi connectivity index (χ1v) is 9.16. The number of amides is 1. The molecule has 142 valence electrons. The number of nitrogens with zero attached hydrogens (tertiary/aromatic N) is 1. The molecule has 1 aliphatic rings. The molecule has 28 heavy (non-hydrogen) atoms. The second kappa shape index (κ2) is 7.78. The Morgan fingerprint density at radius 3 is 2.64 bits per heavy atom. The molecule has 0 atom stereocenters. The van der Waals surface area contributed by atoms with Gasteiger partial charge in [0.05, 0.1) is 0 Å². The quantitative estimate of drug-likeness (QED) is 0.663. The number of anilines is 3. The molecule has 0 unspecified atom stereocenters. The summed E-state index contributed by atoms with van der Waals surface area (Å²) in [6, 6.07) is 14.4. The van der Waals surface area contributed by atoms with Gasteiger partial charge < -0.3 is 20.1 Å². The van der Waals surface area contributed by atoms with Gasteiger partial charge in [-0.1, -0.05) is 11.6 Å². The maximum atomic E-state index is 12.6.